The first-order valence-electron chi connectivity index (χ1n) is 9.03. The van der Waals surface area contributed by atoms with Gasteiger partial charge >= 0.3 is 0 Å². The van der Waals surface area contributed by atoms with E-state index in [0.29, 0.717) is 11.5 Å². The van der Waals surface area contributed by atoms with Gasteiger partial charge in [0.2, 0.25) is 0 Å². The van der Waals surface area contributed by atoms with Crippen LogP contribution in [0.2, 0.25) is 0 Å². The number of benzene rings is 2. The number of hydrogen-bond acceptors (Lipinski definition) is 0. The molecule has 1 heteroatoms. The van der Waals surface area contributed by atoms with Crippen molar-refractivity contribution in [3.8, 4) is 11.8 Å². The van der Waals surface area contributed by atoms with Crippen molar-refractivity contribution in [2.75, 3.05) is 0 Å². The van der Waals surface area contributed by atoms with Gasteiger partial charge in [0.1, 0.15) is 5.82 Å². The highest BCUT2D eigenvalue weighted by Crippen LogP contribution is 2.37. The summed E-state index contributed by atoms with van der Waals surface area (Å²) in [6, 6.07) is 11.8. The van der Waals surface area contributed by atoms with Gasteiger partial charge in [-0.15, -0.1) is 0 Å². The number of aryl methyl sites for hydroxylation is 2. The molecule has 24 heavy (non-hydrogen) atoms. The first-order valence-corrected chi connectivity index (χ1v) is 9.03. The topological polar surface area (TPSA) is 0 Å². The van der Waals surface area contributed by atoms with Crippen molar-refractivity contribution in [3.63, 3.8) is 0 Å². The summed E-state index contributed by atoms with van der Waals surface area (Å²) < 4.78 is 14.8. The Morgan fingerprint density at radius 1 is 0.875 bits per heavy atom. The van der Waals surface area contributed by atoms with Crippen LogP contribution >= 0.6 is 0 Å². The molecule has 0 heterocycles. The monoisotopic (exact) mass is 322 g/mol. The predicted octanol–water partition coefficient (Wildman–Crippen LogP) is 6.53. The second kappa shape index (κ2) is 8.69. The quantitative estimate of drug-likeness (QED) is 0.524. The van der Waals surface area contributed by atoms with Crippen LogP contribution in [0.5, 0.6) is 0 Å². The molecule has 0 N–H and O–H groups in total. The molecule has 0 bridgehead atoms. The highest BCUT2D eigenvalue weighted by molar-refractivity contribution is 5.48. The maximum absolute atomic E-state index is 14.8. The summed E-state index contributed by atoms with van der Waals surface area (Å²) in [5.74, 6) is 6.36. The first-order chi connectivity index (χ1) is 11.6. The molecule has 0 saturated heterocycles. The fourth-order valence-electron chi connectivity index (χ4n) is 3.28. The molecule has 0 radical (unpaired) electrons. The summed E-state index contributed by atoms with van der Waals surface area (Å²) in [5, 5.41) is 0. The van der Waals surface area contributed by atoms with E-state index in [1.165, 1.54) is 18.4 Å². The van der Waals surface area contributed by atoms with Gasteiger partial charge in [-0.3, -0.25) is 0 Å². The molecule has 2 aromatic rings. The van der Waals surface area contributed by atoms with E-state index in [0.717, 1.165) is 29.5 Å². The molecular formula is C23H27F. The molecule has 1 saturated carbocycles. The zero-order valence-electron chi connectivity index (χ0n) is 15.2. The average molecular weight is 322 g/mol. The highest BCUT2D eigenvalue weighted by atomic mass is 19.1. The number of halogens is 1. The summed E-state index contributed by atoms with van der Waals surface area (Å²) in [5.41, 5.74) is 4.61. The van der Waals surface area contributed by atoms with Crippen LogP contribution in [0.3, 0.4) is 0 Å². The Kier molecular flexibility index (Phi) is 6.62. The van der Waals surface area contributed by atoms with Crippen molar-refractivity contribution in [2.45, 2.75) is 59.3 Å². The van der Waals surface area contributed by atoms with Crippen molar-refractivity contribution in [1.82, 2.24) is 0 Å². The Balaban J connectivity index is 0.00000100. The molecule has 0 unspecified atom stereocenters. The average Bonchev–Trinajstić information content (AvgIpc) is 3.12. The summed E-state index contributed by atoms with van der Waals surface area (Å²) in [7, 11) is 0. The molecule has 2 aromatic carbocycles. The summed E-state index contributed by atoms with van der Waals surface area (Å²) in [6.07, 6.45) is 4.63. The van der Waals surface area contributed by atoms with Crippen LogP contribution in [-0.2, 0) is 0 Å². The fraction of sp³-hybridized carbons (Fsp3) is 0.391. The van der Waals surface area contributed by atoms with Crippen LogP contribution in [0.1, 0.15) is 73.3 Å². The van der Waals surface area contributed by atoms with Crippen LogP contribution < -0.4 is 0 Å². The van der Waals surface area contributed by atoms with Crippen molar-refractivity contribution in [3.05, 3.63) is 70.0 Å². The van der Waals surface area contributed by atoms with Crippen molar-refractivity contribution in [2.24, 2.45) is 0 Å². The molecule has 1 aliphatic carbocycles. The maximum atomic E-state index is 14.8. The van der Waals surface area contributed by atoms with Gasteiger partial charge in [0, 0.05) is 5.56 Å². The van der Waals surface area contributed by atoms with Crippen LogP contribution in [0.15, 0.2) is 36.4 Å². The lowest BCUT2D eigenvalue weighted by atomic mass is 9.91. The summed E-state index contributed by atoms with van der Waals surface area (Å²) in [4.78, 5) is 0. The summed E-state index contributed by atoms with van der Waals surface area (Å²) >= 11 is 0. The molecule has 0 nitrogen and oxygen atoms in total. The van der Waals surface area contributed by atoms with E-state index < -0.39 is 0 Å². The van der Waals surface area contributed by atoms with Crippen molar-refractivity contribution in [1.29, 1.82) is 0 Å². The van der Waals surface area contributed by atoms with Gasteiger partial charge in [-0.1, -0.05) is 62.3 Å². The Morgan fingerprint density at radius 3 is 2.12 bits per heavy atom. The normalized spacial score (nSPS) is 13.7. The Hall–Kier alpha value is -2.07. The van der Waals surface area contributed by atoms with Crippen molar-refractivity contribution < 1.29 is 4.39 Å². The third-order valence-electron chi connectivity index (χ3n) is 4.55. The molecular weight excluding hydrogens is 295 g/mol. The number of hydrogen-bond donors (Lipinski definition) is 0. The van der Waals surface area contributed by atoms with Crippen LogP contribution in [0, 0.1) is 31.5 Å². The standard InChI is InChI=1S/C21H21F.C2H6/c1-15-7-10-17(11-8-15)12-14-19-13-9-16(2)20(21(19)22)18-5-3-4-6-18;1-2/h7-11,13,18H,3-6H2,1-2H3;1-2H3. The highest BCUT2D eigenvalue weighted by Gasteiger charge is 2.23. The zero-order valence-corrected chi connectivity index (χ0v) is 15.2. The third-order valence-corrected chi connectivity index (χ3v) is 4.55. The molecule has 1 aliphatic rings. The Labute approximate surface area is 146 Å². The van der Waals surface area contributed by atoms with Gasteiger partial charge in [0.25, 0.3) is 0 Å². The lowest BCUT2D eigenvalue weighted by Gasteiger charge is -2.15. The molecule has 0 aromatic heterocycles. The van der Waals surface area contributed by atoms with E-state index in [2.05, 4.69) is 11.8 Å². The maximum Gasteiger partial charge on any atom is 0.142 e. The smallest absolute Gasteiger partial charge is 0.142 e. The van der Waals surface area contributed by atoms with E-state index in [-0.39, 0.29) is 5.82 Å². The van der Waals surface area contributed by atoms with E-state index in [4.69, 9.17) is 0 Å². The molecule has 126 valence electrons. The molecule has 0 aliphatic heterocycles. The van der Waals surface area contributed by atoms with Gasteiger partial charge < -0.3 is 0 Å². The minimum absolute atomic E-state index is 0.105. The lowest BCUT2D eigenvalue weighted by molar-refractivity contribution is 0.574. The van der Waals surface area contributed by atoms with Gasteiger partial charge in [0.05, 0.1) is 5.56 Å². The minimum Gasteiger partial charge on any atom is -0.205 e. The van der Waals surface area contributed by atoms with E-state index in [9.17, 15) is 4.39 Å². The van der Waals surface area contributed by atoms with Crippen LogP contribution in [0.25, 0.3) is 0 Å². The largest absolute Gasteiger partial charge is 0.205 e. The molecule has 1 fully saturated rings. The van der Waals surface area contributed by atoms with Gasteiger partial charge in [-0.2, -0.15) is 0 Å². The van der Waals surface area contributed by atoms with Crippen LogP contribution in [0.4, 0.5) is 4.39 Å². The van der Waals surface area contributed by atoms with E-state index in [1.807, 2.05) is 64.1 Å². The third kappa shape index (κ3) is 4.26. The molecule has 0 spiro atoms. The molecule has 3 rings (SSSR count). The van der Waals surface area contributed by atoms with Gasteiger partial charge in [0.15, 0.2) is 0 Å². The zero-order chi connectivity index (χ0) is 17.5. The summed E-state index contributed by atoms with van der Waals surface area (Å²) in [6.45, 7) is 8.05. The second-order valence-corrected chi connectivity index (χ2v) is 6.26. The molecule has 0 atom stereocenters. The SMILES string of the molecule is CC.Cc1ccc(C#Cc2ccc(C)c(C3CCCC3)c2F)cc1. The fourth-order valence-corrected chi connectivity index (χ4v) is 3.28. The van der Waals surface area contributed by atoms with Crippen molar-refractivity contribution >= 4 is 0 Å². The number of rotatable bonds is 1. The van der Waals surface area contributed by atoms with Crippen LogP contribution in [-0.4, -0.2) is 0 Å². The minimum atomic E-state index is -0.105. The molecule has 0 amide bonds. The van der Waals surface area contributed by atoms with E-state index >= 15 is 0 Å². The second-order valence-electron chi connectivity index (χ2n) is 6.26. The lowest BCUT2D eigenvalue weighted by Crippen LogP contribution is -2.02. The van der Waals surface area contributed by atoms with Gasteiger partial charge in [-0.05, 0) is 61.9 Å². The Morgan fingerprint density at radius 2 is 1.50 bits per heavy atom. The van der Waals surface area contributed by atoms with E-state index in [1.54, 1.807) is 0 Å². The first kappa shape index (κ1) is 18.3. The Bertz CT molecular complexity index is 723. The van der Waals surface area contributed by atoms with Gasteiger partial charge in [-0.25, -0.2) is 4.39 Å². The predicted molar refractivity (Wildman–Crippen MR) is 101 cm³/mol.